The number of hydrogen-bond donors (Lipinski definition) is 1. The molecule has 1 aromatic rings. The Labute approximate surface area is 123 Å². The molecule has 5 nitrogen and oxygen atoms in total. The third-order valence-electron chi connectivity index (χ3n) is 3.18. The molecule has 1 aliphatic rings. The second-order valence-electron chi connectivity index (χ2n) is 4.78. The molecule has 0 radical (unpaired) electrons. The van der Waals surface area contributed by atoms with Crippen LogP contribution in [0.25, 0.3) is 0 Å². The average Bonchev–Trinajstić information content (AvgIpc) is 2.38. The molecular weight excluding hydrogens is 300 g/mol. The summed E-state index contributed by atoms with van der Waals surface area (Å²) in [7, 11) is -3.63. The molecule has 1 aliphatic heterocycles. The first-order chi connectivity index (χ1) is 9.42. The normalized spacial score (nSPS) is 23.2. The number of ether oxygens (including phenoxy) is 1. The molecule has 1 N–H and O–H groups in total. The summed E-state index contributed by atoms with van der Waals surface area (Å²) in [6, 6.07) is 5.84. The fraction of sp³-hybridized carbons (Fsp3) is 0.462. The number of hydrogen-bond acceptors (Lipinski definition) is 4. The van der Waals surface area contributed by atoms with E-state index in [4.69, 9.17) is 21.6 Å². The Hall–Kier alpha value is -1.13. The lowest BCUT2D eigenvalue weighted by Gasteiger charge is -2.27. The van der Waals surface area contributed by atoms with Crippen LogP contribution in [0.3, 0.4) is 0 Å². The van der Waals surface area contributed by atoms with Gasteiger partial charge >= 0.3 is 0 Å². The number of nitrogens with one attached hydrogen (secondary N) is 1. The van der Waals surface area contributed by atoms with Gasteiger partial charge in [0.15, 0.2) is 0 Å². The van der Waals surface area contributed by atoms with Crippen molar-refractivity contribution in [1.29, 1.82) is 5.26 Å². The maximum Gasteiger partial charge on any atom is 0.240 e. The fourth-order valence-corrected chi connectivity index (χ4v) is 3.74. The SMILES string of the molecule is CC1CC(NS(=O)(=O)c2ccc(C#N)c(Cl)c2)CCO1. The molecule has 1 aromatic carbocycles. The topological polar surface area (TPSA) is 79.2 Å². The summed E-state index contributed by atoms with van der Waals surface area (Å²) < 4.78 is 32.6. The summed E-state index contributed by atoms with van der Waals surface area (Å²) in [5.41, 5.74) is 0.255. The Bertz CT molecular complexity index is 640. The van der Waals surface area contributed by atoms with Gasteiger partial charge in [0, 0.05) is 12.6 Å². The summed E-state index contributed by atoms with van der Waals surface area (Å²) in [4.78, 5) is 0.0700. The first-order valence-corrected chi connectivity index (χ1v) is 8.12. The van der Waals surface area contributed by atoms with Gasteiger partial charge in [0.2, 0.25) is 10.0 Å². The van der Waals surface area contributed by atoms with Gasteiger partial charge < -0.3 is 4.74 Å². The molecule has 0 amide bonds. The highest BCUT2D eigenvalue weighted by molar-refractivity contribution is 7.89. The van der Waals surface area contributed by atoms with Gasteiger partial charge in [-0.1, -0.05) is 11.6 Å². The molecule has 2 unspecified atom stereocenters. The van der Waals surface area contributed by atoms with E-state index in [1.165, 1.54) is 18.2 Å². The molecule has 0 aromatic heterocycles. The van der Waals surface area contributed by atoms with Crippen LogP contribution < -0.4 is 4.72 Å². The lowest BCUT2D eigenvalue weighted by Crippen LogP contribution is -2.41. The highest BCUT2D eigenvalue weighted by atomic mass is 35.5. The molecule has 0 aliphatic carbocycles. The zero-order valence-electron chi connectivity index (χ0n) is 11.0. The van der Waals surface area contributed by atoms with E-state index < -0.39 is 10.0 Å². The van der Waals surface area contributed by atoms with Crippen molar-refractivity contribution in [2.75, 3.05) is 6.61 Å². The second kappa shape index (κ2) is 6.10. The summed E-state index contributed by atoms with van der Waals surface area (Å²) in [5, 5.41) is 8.92. The van der Waals surface area contributed by atoms with Gasteiger partial charge in [-0.3, -0.25) is 0 Å². The van der Waals surface area contributed by atoms with E-state index in [-0.39, 0.29) is 27.6 Å². The van der Waals surface area contributed by atoms with Crippen molar-refractivity contribution in [1.82, 2.24) is 4.72 Å². The predicted molar refractivity (Wildman–Crippen MR) is 74.9 cm³/mol. The first kappa shape index (κ1) is 15.3. The van der Waals surface area contributed by atoms with Crippen LogP contribution >= 0.6 is 11.6 Å². The van der Waals surface area contributed by atoms with E-state index in [0.717, 1.165) is 0 Å². The van der Waals surface area contributed by atoms with Crippen molar-refractivity contribution in [2.45, 2.75) is 36.8 Å². The van der Waals surface area contributed by atoms with Gasteiger partial charge in [-0.05, 0) is 38.0 Å². The van der Waals surface area contributed by atoms with Crippen molar-refractivity contribution in [2.24, 2.45) is 0 Å². The molecule has 1 fully saturated rings. The number of rotatable bonds is 3. The van der Waals surface area contributed by atoms with Gasteiger partial charge in [-0.25, -0.2) is 13.1 Å². The van der Waals surface area contributed by atoms with Gasteiger partial charge in [-0.2, -0.15) is 5.26 Å². The third-order valence-corrected chi connectivity index (χ3v) is 5.01. The predicted octanol–water partition coefficient (Wildman–Crippen LogP) is 2.06. The van der Waals surface area contributed by atoms with Gasteiger partial charge in [-0.15, -0.1) is 0 Å². The molecule has 0 saturated carbocycles. The number of nitrogens with zero attached hydrogens (tertiary/aromatic N) is 1. The zero-order valence-corrected chi connectivity index (χ0v) is 12.5. The van der Waals surface area contributed by atoms with Crippen molar-refractivity contribution < 1.29 is 13.2 Å². The van der Waals surface area contributed by atoms with E-state index in [2.05, 4.69) is 4.72 Å². The molecule has 2 atom stereocenters. The minimum absolute atomic E-state index is 0.0426. The molecule has 2 rings (SSSR count). The second-order valence-corrected chi connectivity index (χ2v) is 6.90. The zero-order chi connectivity index (χ0) is 14.8. The Morgan fingerprint density at radius 1 is 1.50 bits per heavy atom. The summed E-state index contributed by atoms with van der Waals surface area (Å²) >= 11 is 5.87. The number of nitriles is 1. The van der Waals surface area contributed by atoms with E-state index in [0.29, 0.717) is 19.4 Å². The number of sulfonamides is 1. The maximum atomic E-state index is 12.3. The summed E-state index contributed by atoms with van der Waals surface area (Å²) in [6.07, 6.45) is 1.33. The van der Waals surface area contributed by atoms with Crippen molar-refractivity contribution >= 4 is 21.6 Å². The Balaban J connectivity index is 2.18. The molecule has 108 valence electrons. The quantitative estimate of drug-likeness (QED) is 0.926. The van der Waals surface area contributed by atoms with Gasteiger partial charge in [0.25, 0.3) is 0 Å². The van der Waals surface area contributed by atoms with E-state index >= 15 is 0 Å². The summed E-state index contributed by atoms with van der Waals surface area (Å²) in [6.45, 7) is 2.46. The highest BCUT2D eigenvalue weighted by Gasteiger charge is 2.25. The van der Waals surface area contributed by atoms with Gasteiger partial charge in [0.05, 0.1) is 21.6 Å². The molecule has 1 saturated heterocycles. The first-order valence-electron chi connectivity index (χ1n) is 6.26. The highest BCUT2D eigenvalue weighted by Crippen LogP contribution is 2.22. The van der Waals surface area contributed by atoms with E-state index in [1.807, 2.05) is 13.0 Å². The van der Waals surface area contributed by atoms with Crippen LogP contribution in [0.1, 0.15) is 25.3 Å². The minimum atomic E-state index is -3.63. The number of halogens is 1. The maximum absolute atomic E-state index is 12.3. The Morgan fingerprint density at radius 2 is 2.25 bits per heavy atom. The van der Waals surface area contributed by atoms with Crippen molar-refractivity contribution in [3.63, 3.8) is 0 Å². The largest absolute Gasteiger partial charge is 0.378 e. The van der Waals surface area contributed by atoms with Crippen LogP contribution in [0, 0.1) is 11.3 Å². The monoisotopic (exact) mass is 314 g/mol. The average molecular weight is 315 g/mol. The Morgan fingerprint density at radius 3 is 2.85 bits per heavy atom. The molecule has 7 heteroatoms. The van der Waals surface area contributed by atoms with Crippen molar-refractivity contribution in [3.05, 3.63) is 28.8 Å². The van der Waals surface area contributed by atoms with Crippen LogP contribution in [-0.4, -0.2) is 27.2 Å². The Kier molecular flexibility index (Phi) is 4.66. The lowest BCUT2D eigenvalue weighted by molar-refractivity contribution is 0.0173. The van der Waals surface area contributed by atoms with Crippen LogP contribution in [-0.2, 0) is 14.8 Å². The molecular formula is C13H15ClN2O3S. The molecule has 0 bridgehead atoms. The van der Waals surface area contributed by atoms with Crippen molar-refractivity contribution in [3.8, 4) is 6.07 Å². The standard InChI is InChI=1S/C13H15ClN2O3S/c1-9-6-11(4-5-19-9)16-20(17,18)12-3-2-10(8-15)13(14)7-12/h2-3,7,9,11,16H,4-6H2,1H3. The van der Waals surface area contributed by atoms with Gasteiger partial charge in [0.1, 0.15) is 6.07 Å². The lowest BCUT2D eigenvalue weighted by atomic mass is 10.1. The molecule has 20 heavy (non-hydrogen) atoms. The van der Waals surface area contributed by atoms with Crippen LogP contribution in [0.2, 0.25) is 5.02 Å². The summed E-state index contributed by atoms with van der Waals surface area (Å²) in [5.74, 6) is 0. The fourth-order valence-electron chi connectivity index (χ4n) is 2.15. The van der Waals surface area contributed by atoms with E-state index in [9.17, 15) is 8.42 Å². The van der Waals surface area contributed by atoms with Crippen LogP contribution in [0.15, 0.2) is 23.1 Å². The van der Waals surface area contributed by atoms with Crippen LogP contribution in [0.5, 0.6) is 0 Å². The smallest absolute Gasteiger partial charge is 0.240 e. The van der Waals surface area contributed by atoms with Crippen LogP contribution in [0.4, 0.5) is 0 Å². The third kappa shape index (κ3) is 3.49. The number of benzene rings is 1. The molecule has 1 heterocycles. The molecule has 0 spiro atoms. The van der Waals surface area contributed by atoms with E-state index in [1.54, 1.807) is 0 Å². The minimum Gasteiger partial charge on any atom is -0.378 e.